The number of hydrazone groups is 1. The lowest BCUT2D eigenvalue weighted by atomic mass is 9.90. The largest absolute Gasteiger partial charge is 0.276 e. The molecule has 5 heteroatoms. The van der Waals surface area contributed by atoms with E-state index in [0.717, 1.165) is 11.8 Å². The van der Waals surface area contributed by atoms with E-state index in [1.807, 2.05) is 0 Å². The zero-order valence-electron chi connectivity index (χ0n) is 10.7. The molecule has 0 aromatic heterocycles. The van der Waals surface area contributed by atoms with E-state index in [4.69, 9.17) is 0 Å². The Hall–Kier alpha value is -1.36. The van der Waals surface area contributed by atoms with Gasteiger partial charge in [0.05, 0.1) is 4.90 Å². The molecule has 19 heavy (non-hydrogen) atoms. The minimum Gasteiger partial charge on any atom is -0.200 e. The number of fused-ring (bicyclic) bond motifs is 2. The number of nitrogens with zero attached hydrogens (tertiary/aromatic N) is 1. The molecule has 0 spiro atoms. The van der Waals surface area contributed by atoms with E-state index in [0.29, 0.717) is 5.92 Å². The average molecular weight is 278 g/mol. The van der Waals surface area contributed by atoms with Gasteiger partial charge in [-0.2, -0.15) is 13.5 Å². The van der Waals surface area contributed by atoms with Crippen molar-refractivity contribution in [3.8, 4) is 0 Å². The maximum absolute atomic E-state index is 11.9. The molecular weight excluding hydrogens is 260 g/mol. The van der Waals surface area contributed by atoms with E-state index in [9.17, 15) is 8.42 Å². The highest BCUT2D eigenvalue weighted by Crippen LogP contribution is 2.47. The summed E-state index contributed by atoms with van der Waals surface area (Å²) in [6, 6.07) is 8.32. The quantitative estimate of drug-likeness (QED) is 0.679. The van der Waals surface area contributed by atoms with Gasteiger partial charge >= 0.3 is 0 Å². The molecular formula is C14H18N2O2S. The lowest BCUT2D eigenvalue weighted by Gasteiger charge is -2.16. The minimum atomic E-state index is -3.51. The fourth-order valence-corrected chi connectivity index (χ4v) is 4.14. The summed E-state index contributed by atoms with van der Waals surface area (Å²) >= 11 is 0. The lowest BCUT2D eigenvalue weighted by Crippen LogP contribution is -2.20. The fraction of sp³-hybridized carbons (Fsp3) is 0.500. The third-order valence-electron chi connectivity index (χ3n) is 4.29. The molecule has 0 heterocycles. The molecule has 1 aromatic rings. The predicted molar refractivity (Wildman–Crippen MR) is 74.2 cm³/mol. The van der Waals surface area contributed by atoms with Crippen LogP contribution in [0.3, 0.4) is 0 Å². The summed E-state index contributed by atoms with van der Waals surface area (Å²) < 4.78 is 23.9. The molecule has 102 valence electrons. The van der Waals surface area contributed by atoms with Crippen LogP contribution in [0.25, 0.3) is 0 Å². The van der Waals surface area contributed by atoms with Gasteiger partial charge in [0.25, 0.3) is 10.0 Å². The number of hydrogen-bond acceptors (Lipinski definition) is 3. The second kappa shape index (κ2) is 4.96. The highest BCUT2D eigenvalue weighted by Gasteiger charge is 2.38. The van der Waals surface area contributed by atoms with Crippen LogP contribution in [0.4, 0.5) is 0 Å². The van der Waals surface area contributed by atoms with Gasteiger partial charge in [0.1, 0.15) is 0 Å². The summed E-state index contributed by atoms with van der Waals surface area (Å²) in [6.45, 7) is 0. The summed E-state index contributed by atoms with van der Waals surface area (Å²) in [5.41, 5.74) is 0. The molecule has 2 fully saturated rings. The Kier molecular flexibility index (Phi) is 3.31. The van der Waals surface area contributed by atoms with Crippen LogP contribution in [0.15, 0.2) is 40.3 Å². The second-order valence-electron chi connectivity index (χ2n) is 5.52. The Morgan fingerprint density at radius 1 is 1.16 bits per heavy atom. The summed E-state index contributed by atoms with van der Waals surface area (Å²) in [6.07, 6.45) is 6.87. The Morgan fingerprint density at radius 3 is 2.58 bits per heavy atom. The van der Waals surface area contributed by atoms with Gasteiger partial charge in [-0.05, 0) is 49.1 Å². The van der Waals surface area contributed by atoms with Crippen molar-refractivity contribution < 1.29 is 8.42 Å². The molecule has 3 rings (SSSR count). The SMILES string of the molecule is O=S(=O)(N/N=C/C1CC2CCC1C2)c1ccccc1. The monoisotopic (exact) mass is 278 g/mol. The van der Waals surface area contributed by atoms with Crippen LogP contribution in [0.1, 0.15) is 25.7 Å². The zero-order valence-corrected chi connectivity index (χ0v) is 11.5. The summed E-state index contributed by atoms with van der Waals surface area (Å²) in [7, 11) is -3.51. The van der Waals surface area contributed by atoms with Crippen molar-refractivity contribution in [1.82, 2.24) is 4.83 Å². The molecule has 0 saturated heterocycles. The van der Waals surface area contributed by atoms with Crippen LogP contribution < -0.4 is 4.83 Å². The van der Waals surface area contributed by atoms with Crippen LogP contribution in [0.2, 0.25) is 0 Å². The minimum absolute atomic E-state index is 0.250. The normalized spacial score (nSPS) is 30.0. The van der Waals surface area contributed by atoms with Gasteiger partial charge in [-0.25, -0.2) is 4.83 Å². The molecule has 0 amide bonds. The van der Waals surface area contributed by atoms with Crippen molar-refractivity contribution in [2.45, 2.75) is 30.6 Å². The Morgan fingerprint density at radius 2 is 1.95 bits per heavy atom. The summed E-state index contributed by atoms with van der Waals surface area (Å²) in [5, 5.41) is 3.96. The van der Waals surface area contributed by atoms with Crippen LogP contribution in [-0.2, 0) is 10.0 Å². The third kappa shape index (κ3) is 2.66. The van der Waals surface area contributed by atoms with Crippen LogP contribution in [0.5, 0.6) is 0 Å². The van der Waals surface area contributed by atoms with Gasteiger partial charge in [-0.3, -0.25) is 0 Å². The van der Waals surface area contributed by atoms with Crippen LogP contribution >= 0.6 is 0 Å². The first-order valence-corrected chi connectivity index (χ1v) is 8.23. The maximum Gasteiger partial charge on any atom is 0.276 e. The van der Waals surface area contributed by atoms with Gasteiger partial charge in [0.2, 0.25) is 0 Å². The molecule has 2 bridgehead atoms. The molecule has 3 atom stereocenters. The predicted octanol–water partition coefficient (Wildman–Crippen LogP) is 2.39. The highest BCUT2D eigenvalue weighted by atomic mass is 32.2. The molecule has 3 unspecified atom stereocenters. The molecule has 1 aromatic carbocycles. The number of rotatable bonds is 4. The topological polar surface area (TPSA) is 58.5 Å². The van der Waals surface area contributed by atoms with Gasteiger partial charge in [-0.15, -0.1) is 0 Å². The highest BCUT2D eigenvalue weighted by molar-refractivity contribution is 7.89. The Balaban J connectivity index is 1.63. The fourth-order valence-electron chi connectivity index (χ4n) is 3.32. The molecule has 2 aliphatic rings. The van der Waals surface area contributed by atoms with Crippen molar-refractivity contribution in [2.24, 2.45) is 22.9 Å². The standard InChI is InChI=1S/C14H18N2O2S/c17-19(18,14-4-2-1-3-5-14)16-15-10-13-9-11-6-7-12(13)8-11/h1-5,10-13,16H,6-9H2/b15-10+. The Bertz CT molecular complexity index is 568. The van der Waals surface area contributed by atoms with Gasteiger partial charge in [0, 0.05) is 6.21 Å². The summed E-state index contributed by atoms with van der Waals surface area (Å²) in [4.78, 5) is 2.55. The second-order valence-corrected chi connectivity index (χ2v) is 7.19. The first-order chi connectivity index (χ1) is 9.15. The Labute approximate surface area is 114 Å². The molecule has 0 radical (unpaired) electrons. The number of benzene rings is 1. The smallest absolute Gasteiger partial charge is 0.200 e. The van der Waals surface area contributed by atoms with E-state index >= 15 is 0 Å². The number of hydrogen-bond donors (Lipinski definition) is 1. The maximum atomic E-state index is 11.9. The first-order valence-electron chi connectivity index (χ1n) is 6.75. The van der Waals surface area contributed by atoms with Crippen molar-refractivity contribution >= 4 is 16.2 Å². The van der Waals surface area contributed by atoms with Crippen LogP contribution in [0, 0.1) is 17.8 Å². The van der Waals surface area contributed by atoms with E-state index in [1.165, 1.54) is 25.7 Å². The number of nitrogens with one attached hydrogen (secondary N) is 1. The molecule has 1 N–H and O–H groups in total. The van der Waals surface area contributed by atoms with Gasteiger partial charge in [-0.1, -0.05) is 24.6 Å². The molecule has 0 aliphatic heterocycles. The average Bonchev–Trinajstić information content (AvgIpc) is 3.02. The van der Waals surface area contributed by atoms with Crippen molar-refractivity contribution in [3.63, 3.8) is 0 Å². The van der Waals surface area contributed by atoms with Crippen molar-refractivity contribution in [2.75, 3.05) is 0 Å². The molecule has 4 nitrogen and oxygen atoms in total. The van der Waals surface area contributed by atoms with Crippen LogP contribution in [-0.4, -0.2) is 14.6 Å². The van der Waals surface area contributed by atoms with Gasteiger partial charge < -0.3 is 0 Å². The zero-order chi connectivity index (χ0) is 13.3. The summed E-state index contributed by atoms with van der Waals surface area (Å²) in [5.74, 6) is 2.01. The van der Waals surface area contributed by atoms with E-state index in [2.05, 4.69) is 9.93 Å². The van der Waals surface area contributed by atoms with Gasteiger partial charge in [0.15, 0.2) is 0 Å². The van der Waals surface area contributed by atoms with E-state index < -0.39 is 10.0 Å². The molecule has 2 aliphatic carbocycles. The van der Waals surface area contributed by atoms with E-state index in [1.54, 1.807) is 36.5 Å². The van der Waals surface area contributed by atoms with Crippen molar-refractivity contribution in [3.05, 3.63) is 30.3 Å². The molecule has 2 saturated carbocycles. The lowest BCUT2D eigenvalue weighted by molar-refractivity contribution is 0.420. The van der Waals surface area contributed by atoms with E-state index in [-0.39, 0.29) is 4.90 Å². The van der Waals surface area contributed by atoms with Crippen molar-refractivity contribution in [1.29, 1.82) is 0 Å². The third-order valence-corrected chi connectivity index (χ3v) is 5.52. The number of sulfonamides is 1. The first kappa shape index (κ1) is 12.7.